The lowest BCUT2D eigenvalue weighted by atomic mass is 10.00. The van der Waals surface area contributed by atoms with Gasteiger partial charge in [-0.25, -0.2) is 0 Å². The molecular formula is C7H17ClO7. The fourth-order valence-corrected chi connectivity index (χ4v) is 0.873. The SMILES string of the molecule is Cl.OCC(O)C(O)C(O)C(O)C(O)CO. The second-order valence-corrected chi connectivity index (χ2v) is 2.97. The van der Waals surface area contributed by atoms with Gasteiger partial charge >= 0.3 is 0 Å². The summed E-state index contributed by atoms with van der Waals surface area (Å²) in [5.74, 6) is 0. The molecule has 15 heavy (non-hydrogen) atoms. The van der Waals surface area contributed by atoms with E-state index in [2.05, 4.69) is 0 Å². The van der Waals surface area contributed by atoms with E-state index >= 15 is 0 Å². The topological polar surface area (TPSA) is 142 Å². The van der Waals surface area contributed by atoms with Crippen LogP contribution in [0.1, 0.15) is 0 Å². The van der Waals surface area contributed by atoms with Gasteiger partial charge in [-0.05, 0) is 0 Å². The molecule has 0 fully saturated rings. The molecule has 0 aromatic heterocycles. The molecule has 7 nitrogen and oxygen atoms in total. The van der Waals surface area contributed by atoms with Crippen molar-refractivity contribution in [3.05, 3.63) is 0 Å². The van der Waals surface area contributed by atoms with Crippen molar-refractivity contribution < 1.29 is 35.7 Å². The molecule has 0 spiro atoms. The minimum atomic E-state index is -1.85. The van der Waals surface area contributed by atoms with Crippen LogP contribution in [0.15, 0.2) is 0 Å². The number of hydrogen-bond donors (Lipinski definition) is 7. The van der Waals surface area contributed by atoms with E-state index < -0.39 is 43.7 Å². The Morgan fingerprint density at radius 1 is 0.600 bits per heavy atom. The quantitative estimate of drug-likeness (QED) is 0.256. The summed E-state index contributed by atoms with van der Waals surface area (Å²) in [7, 11) is 0. The molecule has 0 saturated heterocycles. The van der Waals surface area contributed by atoms with Crippen molar-refractivity contribution in [3.63, 3.8) is 0 Å². The highest BCUT2D eigenvalue weighted by atomic mass is 35.5. The number of aliphatic hydroxyl groups is 7. The van der Waals surface area contributed by atoms with E-state index in [1.165, 1.54) is 0 Å². The Kier molecular flexibility index (Phi) is 9.51. The predicted octanol–water partition coefficient (Wildman–Crippen LogP) is -3.80. The Balaban J connectivity index is 0. The van der Waals surface area contributed by atoms with E-state index in [4.69, 9.17) is 35.7 Å². The smallest absolute Gasteiger partial charge is 0.111 e. The first-order valence-corrected chi connectivity index (χ1v) is 4.07. The molecule has 0 aliphatic rings. The molecule has 7 N–H and O–H groups in total. The number of aliphatic hydroxyl groups excluding tert-OH is 7. The van der Waals surface area contributed by atoms with Gasteiger partial charge in [0.2, 0.25) is 0 Å². The van der Waals surface area contributed by atoms with E-state index in [0.29, 0.717) is 0 Å². The molecule has 94 valence electrons. The standard InChI is InChI=1S/C7H16O7.ClH/c8-1-3(10)5(12)7(14)6(13)4(11)2-9;/h3-14H,1-2H2;1H. The first kappa shape index (κ1) is 17.4. The van der Waals surface area contributed by atoms with Crippen LogP contribution in [0.2, 0.25) is 0 Å². The van der Waals surface area contributed by atoms with Gasteiger partial charge in [0.25, 0.3) is 0 Å². The van der Waals surface area contributed by atoms with Crippen LogP contribution in [0.3, 0.4) is 0 Å². The van der Waals surface area contributed by atoms with Gasteiger partial charge in [0.05, 0.1) is 13.2 Å². The molecule has 4 atom stereocenters. The van der Waals surface area contributed by atoms with Gasteiger partial charge in [-0.1, -0.05) is 0 Å². The average molecular weight is 249 g/mol. The van der Waals surface area contributed by atoms with Crippen molar-refractivity contribution in [2.75, 3.05) is 13.2 Å². The van der Waals surface area contributed by atoms with Crippen LogP contribution in [0, 0.1) is 0 Å². The van der Waals surface area contributed by atoms with Crippen molar-refractivity contribution in [3.8, 4) is 0 Å². The zero-order valence-corrected chi connectivity index (χ0v) is 8.66. The van der Waals surface area contributed by atoms with E-state index in [0.717, 1.165) is 0 Å². The van der Waals surface area contributed by atoms with Gasteiger partial charge in [0, 0.05) is 0 Å². The van der Waals surface area contributed by atoms with Crippen LogP contribution >= 0.6 is 12.4 Å². The zero-order chi connectivity index (χ0) is 11.3. The Labute approximate surface area is 92.6 Å². The summed E-state index contributed by atoms with van der Waals surface area (Å²) in [5, 5.41) is 61.9. The van der Waals surface area contributed by atoms with Crippen molar-refractivity contribution in [1.82, 2.24) is 0 Å². The minimum Gasteiger partial charge on any atom is -0.394 e. The third-order valence-corrected chi connectivity index (χ3v) is 1.86. The second-order valence-electron chi connectivity index (χ2n) is 2.97. The average Bonchev–Trinajstić information content (AvgIpc) is 2.23. The zero-order valence-electron chi connectivity index (χ0n) is 7.84. The van der Waals surface area contributed by atoms with E-state index in [-0.39, 0.29) is 12.4 Å². The van der Waals surface area contributed by atoms with Crippen LogP contribution in [0.4, 0.5) is 0 Å². The fourth-order valence-electron chi connectivity index (χ4n) is 0.873. The molecule has 0 radical (unpaired) electrons. The summed E-state index contributed by atoms with van der Waals surface area (Å²) in [4.78, 5) is 0. The van der Waals surface area contributed by atoms with Gasteiger partial charge in [-0.2, -0.15) is 0 Å². The lowest BCUT2D eigenvalue weighted by Gasteiger charge is -2.27. The van der Waals surface area contributed by atoms with Crippen LogP contribution in [-0.4, -0.2) is 79.5 Å². The molecule has 0 saturated carbocycles. The molecular weight excluding hydrogens is 232 g/mol. The number of hydrogen-bond acceptors (Lipinski definition) is 7. The Bertz CT molecular complexity index is 142. The first-order valence-electron chi connectivity index (χ1n) is 4.07. The lowest BCUT2D eigenvalue weighted by molar-refractivity contribution is -0.145. The Morgan fingerprint density at radius 2 is 0.867 bits per heavy atom. The Hall–Kier alpha value is 0.01000. The van der Waals surface area contributed by atoms with E-state index in [1.807, 2.05) is 0 Å². The third-order valence-electron chi connectivity index (χ3n) is 1.86. The van der Waals surface area contributed by atoms with Crippen molar-refractivity contribution in [2.45, 2.75) is 30.5 Å². The molecule has 0 aromatic carbocycles. The maximum Gasteiger partial charge on any atom is 0.111 e. The van der Waals surface area contributed by atoms with E-state index in [1.54, 1.807) is 0 Å². The molecule has 0 bridgehead atoms. The van der Waals surface area contributed by atoms with Crippen LogP contribution in [-0.2, 0) is 0 Å². The maximum absolute atomic E-state index is 9.15. The summed E-state index contributed by atoms with van der Waals surface area (Å²) < 4.78 is 0. The predicted molar refractivity (Wildman–Crippen MR) is 51.5 cm³/mol. The lowest BCUT2D eigenvalue weighted by Crippen LogP contribution is -2.50. The van der Waals surface area contributed by atoms with Crippen molar-refractivity contribution >= 4 is 12.4 Å². The van der Waals surface area contributed by atoms with Crippen LogP contribution in [0.25, 0.3) is 0 Å². The molecule has 0 rings (SSSR count). The monoisotopic (exact) mass is 248 g/mol. The molecule has 0 aliphatic carbocycles. The van der Waals surface area contributed by atoms with Gasteiger partial charge in [0.15, 0.2) is 0 Å². The third kappa shape index (κ3) is 5.05. The van der Waals surface area contributed by atoms with Gasteiger partial charge < -0.3 is 35.7 Å². The highest BCUT2D eigenvalue weighted by molar-refractivity contribution is 5.85. The van der Waals surface area contributed by atoms with Crippen molar-refractivity contribution in [2.24, 2.45) is 0 Å². The summed E-state index contributed by atoms with van der Waals surface area (Å²) in [6.07, 6.45) is -8.68. The molecule has 0 aromatic rings. The summed E-state index contributed by atoms with van der Waals surface area (Å²) >= 11 is 0. The second kappa shape index (κ2) is 8.20. The summed E-state index contributed by atoms with van der Waals surface area (Å²) in [5.41, 5.74) is 0. The summed E-state index contributed by atoms with van der Waals surface area (Å²) in [6.45, 7) is -1.58. The van der Waals surface area contributed by atoms with E-state index in [9.17, 15) is 0 Å². The van der Waals surface area contributed by atoms with Gasteiger partial charge in [-0.15, -0.1) is 12.4 Å². The summed E-state index contributed by atoms with van der Waals surface area (Å²) in [6, 6.07) is 0. The first-order chi connectivity index (χ1) is 6.45. The fraction of sp³-hybridized carbons (Fsp3) is 1.00. The Morgan fingerprint density at radius 3 is 1.07 bits per heavy atom. The van der Waals surface area contributed by atoms with Crippen LogP contribution in [0.5, 0.6) is 0 Å². The molecule has 8 heteroatoms. The number of rotatable bonds is 6. The van der Waals surface area contributed by atoms with Crippen LogP contribution < -0.4 is 0 Å². The van der Waals surface area contributed by atoms with Crippen molar-refractivity contribution in [1.29, 1.82) is 0 Å². The van der Waals surface area contributed by atoms with Gasteiger partial charge in [-0.3, -0.25) is 0 Å². The molecule has 0 heterocycles. The normalized spacial score (nSPS) is 21.0. The molecule has 0 aliphatic heterocycles. The largest absolute Gasteiger partial charge is 0.394 e. The highest BCUT2D eigenvalue weighted by Crippen LogP contribution is 2.07. The molecule has 0 amide bonds. The molecule has 4 unspecified atom stereocenters. The minimum absolute atomic E-state index is 0. The maximum atomic E-state index is 9.15. The number of halogens is 1. The highest BCUT2D eigenvalue weighted by Gasteiger charge is 2.33. The van der Waals surface area contributed by atoms with Gasteiger partial charge in [0.1, 0.15) is 30.5 Å².